The molecule has 3 aromatic carbocycles. The minimum absolute atomic E-state index is 0.162. The molecule has 41 heavy (non-hydrogen) atoms. The van der Waals surface area contributed by atoms with E-state index < -0.39 is 6.36 Å². The third-order valence-electron chi connectivity index (χ3n) is 8.52. The Morgan fingerprint density at radius 2 is 1.71 bits per heavy atom. The van der Waals surface area contributed by atoms with E-state index in [0.717, 1.165) is 74.0 Å². The maximum absolute atomic E-state index is 12.9. The number of nitrogens with zero attached hydrogens (tertiary/aromatic N) is 1. The van der Waals surface area contributed by atoms with E-state index in [2.05, 4.69) is 59.0 Å². The van der Waals surface area contributed by atoms with Gasteiger partial charge in [-0.05, 0) is 128 Å². The summed E-state index contributed by atoms with van der Waals surface area (Å²) in [5.41, 5.74) is 9.88. The van der Waals surface area contributed by atoms with Gasteiger partial charge in [0, 0.05) is 13.1 Å². The van der Waals surface area contributed by atoms with Crippen LogP contribution in [0.1, 0.15) is 71.0 Å². The van der Waals surface area contributed by atoms with Gasteiger partial charge in [-0.25, -0.2) is 0 Å². The van der Waals surface area contributed by atoms with E-state index in [1.807, 2.05) is 6.07 Å². The first kappa shape index (κ1) is 29.4. The van der Waals surface area contributed by atoms with Gasteiger partial charge in [-0.1, -0.05) is 54.1 Å². The van der Waals surface area contributed by atoms with E-state index in [4.69, 9.17) is 0 Å². The molecule has 0 bridgehead atoms. The second-order valence-corrected chi connectivity index (χ2v) is 11.6. The predicted molar refractivity (Wildman–Crippen MR) is 158 cm³/mol. The molecule has 5 rings (SSSR count). The molecule has 2 aliphatic rings. The van der Waals surface area contributed by atoms with Crippen molar-refractivity contribution in [3.8, 4) is 5.75 Å². The van der Waals surface area contributed by atoms with Crippen molar-refractivity contribution in [1.82, 2.24) is 4.90 Å². The fourth-order valence-corrected chi connectivity index (χ4v) is 6.45. The first-order valence-corrected chi connectivity index (χ1v) is 14.8. The van der Waals surface area contributed by atoms with Gasteiger partial charge in [0.15, 0.2) is 0 Å². The topological polar surface area (TPSA) is 12.5 Å². The first-order valence-electron chi connectivity index (χ1n) is 14.8. The average Bonchev–Trinajstić information content (AvgIpc) is 3.31. The highest BCUT2D eigenvalue weighted by Gasteiger charge is 2.32. The molecule has 1 aliphatic heterocycles. The number of rotatable bonds is 9. The number of benzene rings is 3. The highest BCUT2D eigenvalue weighted by Crippen LogP contribution is 2.41. The molecule has 0 N–H and O–H groups in total. The van der Waals surface area contributed by atoms with Gasteiger partial charge in [0.2, 0.25) is 0 Å². The number of ether oxygens (including phenoxy) is 1. The molecule has 1 fully saturated rings. The third-order valence-corrected chi connectivity index (χ3v) is 8.52. The smallest absolute Gasteiger partial charge is 0.406 e. The van der Waals surface area contributed by atoms with Crippen LogP contribution in [-0.4, -0.2) is 37.6 Å². The molecule has 1 aliphatic carbocycles. The summed E-state index contributed by atoms with van der Waals surface area (Å²) in [5.74, 6) is 0.498. The Labute approximate surface area is 241 Å². The largest absolute Gasteiger partial charge is 0.573 e. The molecule has 0 amide bonds. The van der Waals surface area contributed by atoms with Crippen molar-refractivity contribution in [1.29, 1.82) is 0 Å². The molecule has 0 radical (unpaired) electrons. The van der Waals surface area contributed by atoms with E-state index in [9.17, 15) is 17.6 Å². The summed E-state index contributed by atoms with van der Waals surface area (Å²) in [6, 6.07) is 20.5. The van der Waals surface area contributed by atoms with E-state index in [1.54, 1.807) is 13.0 Å². The molecular formula is C35H39F4NO. The standard InChI is InChI=1S/C35H39F4NO/c1-24-7-15-32-29(21-24)5-3-6-31(30-14-16-33(25(2)22-30)41-35(37,38)39)34(32)28-12-10-26(11-13-28)8-9-27-17-20-40(23-27)19-4-18-36/h7,10-16,21-22,27H,3-6,8-9,17-20,23H2,1-2H3/t27-/m0/s1. The second kappa shape index (κ2) is 12.8. The summed E-state index contributed by atoms with van der Waals surface area (Å²) in [5, 5.41) is 0. The van der Waals surface area contributed by atoms with Crippen LogP contribution in [-0.2, 0) is 12.8 Å². The molecule has 0 aromatic heterocycles. The Morgan fingerprint density at radius 1 is 0.927 bits per heavy atom. The SMILES string of the molecule is Cc1ccc2c(c1)CCCC(c1ccc(OC(F)(F)F)c(C)c1)=C2c1ccc(CC[C@H]2CCN(CCCF)C2)cc1. The van der Waals surface area contributed by atoms with E-state index in [1.165, 1.54) is 34.7 Å². The van der Waals surface area contributed by atoms with Crippen molar-refractivity contribution in [2.45, 2.75) is 65.2 Å². The Bertz CT molecular complexity index is 1380. The zero-order valence-corrected chi connectivity index (χ0v) is 24.0. The molecule has 0 unspecified atom stereocenters. The Kier molecular flexibility index (Phi) is 9.18. The minimum atomic E-state index is -4.72. The predicted octanol–water partition coefficient (Wildman–Crippen LogP) is 9.11. The van der Waals surface area contributed by atoms with Crippen LogP contribution in [0.25, 0.3) is 11.1 Å². The lowest BCUT2D eigenvalue weighted by atomic mass is 9.86. The van der Waals surface area contributed by atoms with Gasteiger partial charge in [-0.15, -0.1) is 13.2 Å². The van der Waals surface area contributed by atoms with E-state index >= 15 is 0 Å². The third kappa shape index (κ3) is 7.40. The van der Waals surface area contributed by atoms with Crippen molar-refractivity contribution in [2.75, 3.05) is 26.3 Å². The number of fused-ring (bicyclic) bond motifs is 1. The molecule has 0 spiro atoms. The quantitative estimate of drug-likeness (QED) is 0.240. The molecule has 2 nitrogen and oxygen atoms in total. The van der Waals surface area contributed by atoms with Crippen molar-refractivity contribution in [3.05, 3.63) is 99.6 Å². The molecule has 0 saturated carbocycles. The van der Waals surface area contributed by atoms with Crippen LogP contribution in [0, 0.1) is 19.8 Å². The van der Waals surface area contributed by atoms with Gasteiger partial charge in [-0.3, -0.25) is 4.39 Å². The summed E-state index contributed by atoms with van der Waals surface area (Å²) >= 11 is 0. The Hall–Kier alpha value is -3.12. The highest BCUT2D eigenvalue weighted by atomic mass is 19.4. The maximum atomic E-state index is 12.9. The summed E-state index contributed by atoms with van der Waals surface area (Å²) in [4.78, 5) is 2.38. The van der Waals surface area contributed by atoms with Gasteiger partial charge in [0.05, 0.1) is 6.67 Å². The lowest BCUT2D eigenvalue weighted by molar-refractivity contribution is -0.274. The second-order valence-electron chi connectivity index (χ2n) is 11.6. The van der Waals surface area contributed by atoms with Crippen LogP contribution in [0.2, 0.25) is 0 Å². The van der Waals surface area contributed by atoms with Gasteiger partial charge in [0.1, 0.15) is 5.75 Å². The fraction of sp³-hybridized carbons (Fsp3) is 0.429. The number of aryl methyl sites for hydroxylation is 4. The lowest BCUT2D eigenvalue weighted by Gasteiger charge is -2.19. The van der Waals surface area contributed by atoms with Gasteiger partial charge in [-0.2, -0.15) is 0 Å². The summed E-state index contributed by atoms with van der Waals surface area (Å²) in [6.45, 7) is 6.53. The molecule has 6 heteroatoms. The Morgan fingerprint density at radius 3 is 2.44 bits per heavy atom. The van der Waals surface area contributed by atoms with Crippen molar-refractivity contribution in [2.24, 2.45) is 5.92 Å². The monoisotopic (exact) mass is 565 g/mol. The van der Waals surface area contributed by atoms with Crippen molar-refractivity contribution >= 4 is 11.1 Å². The van der Waals surface area contributed by atoms with Crippen LogP contribution in [0.5, 0.6) is 5.75 Å². The van der Waals surface area contributed by atoms with Crippen molar-refractivity contribution < 1.29 is 22.3 Å². The number of hydrogen-bond acceptors (Lipinski definition) is 2. The zero-order valence-electron chi connectivity index (χ0n) is 24.0. The summed E-state index contributed by atoms with van der Waals surface area (Å²) in [7, 11) is 0. The summed E-state index contributed by atoms with van der Waals surface area (Å²) < 4.78 is 55.5. The molecule has 1 saturated heterocycles. The fourth-order valence-electron chi connectivity index (χ4n) is 6.45. The number of allylic oxidation sites excluding steroid dienone is 1. The Balaban J connectivity index is 1.43. The summed E-state index contributed by atoms with van der Waals surface area (Å²) in [6.07, 6.45) is 2.00. The number of halogens is 4. The van der Waals surface area contributed by atoms with Gasteiger partial charge in [0.25, 0.3) is 0 Å². The number of alkyl halides is 4. The molecular weight excluding hydrogens is 526 g/mol. The molecule has 218 valence electrons. The average molecular weight is 566 g/mol. The van der Waals surface area contributed by atoms with E-state index in [-0.39, 0.29) is 12.4 Å². The molecule has 1 heterocycles. The number of hydrogen-bond donors (Lipinski definition) is 0. The van der Waals surface area contributed by atoms with Gasteiger partial charge < -0.3 is 9.64 Å². The van der Waals surface area contributed by atoms with Crippen LogP contribution in [0.3, 0.4) is 0 Å². The van der Waals surface area contributed by atoms with E-state index in [0.29, 0.717) is 17.9 Å². The molecule has 3 aromatic rings. The lowest BCUT2D eigenvalue weighted by Crippen LogP contribution is -2.22. The maximum Gasteiger partial charge on any atom is 0.573 e. The van der Waals surface area contributed by atoms with Crippen LogP contribution in [0.4, 0.5) is 17.6 Å². The highest BCUT2D eigenvalue weighted by molar-refractivity contribution is 6.00. The van der Waals surface area contributed by atoms with Crippen LogP contribution < -0.4 is 4.74 Å². The van der Waals surface area contributed by atoms with Crippen LogP contribution in [0.15, 0.2) is 60.7 Å². The number of likely N-dealkylation sites (tertiary alicyclic amines) is 1. The molecule has 1 atom stereocenters. The van der Waals surface area contributed by atoms with Crippen molar-refractivity contribution in [3.63, 3.8) is 0 Å². The zero-order chi connectivity index (χ0) is 29.0. The van der Waals surface area contributed by atoms with Gasteiger partial charge >= 0.3 is 6.36 Å². The normalized spacial score (nSPS) is 18.0. The van der Waals surface area contributed by atoms with Crippen LogP contribution >= 0.6 is 0 Å². The first-order chi connectivity index (χ1) is 19.7. The minimum Gasteiger partial charge on any atom is -0.406 e.